The van der Waals surface area contributed by atoms with Crippen LogP contribution in [0.3, 0.4) is 0 Å². The second-order valence-corrected chi connectivity index (χ2v) is 7.14. The van der Waals surface area contributed by atoms with Gasteiger partial charge in [-0.1, -0.05) is 12.1 Å². The molecule has 0 spiro atoms. The van der Waals surface area contributed by atoms with Crippen molar-refractivity contribution >= 4 is 12.1 Å². The van der Waals surface area contributed by atoms with Crippen molar-refractivity contribution in [3.05, 3.63) is 29.8 Å². The highest BCUT2D eigenvalue weighted by Gasteiger charge is 2.41. The van der Waals surface area contributed by atoms with Gasteiger partial charge >= 0.3 is 12.1 Å². The standard InChI is InChI=1S/C18H25NO5/c1-18(2,3)24-17(22)19-11-13(10-15(19)16(20)21)9-12-5-7-14(23-4)8-6-12/h5-8,13,15H,9-11H2,1-4H3,(H,20,21)/t13?,15-/m1/s1. The lowest BCUT2D eigenvalue weighted by Crippen LogP contribution is -2.43. The first-order valence-corrected chi connectivity index (χ1v) is 8.05. The average molecular weight is 335 g/mol. The molecule has 132 valence electrons. The summed E-state index contributed by atoms with van der Waals surface area (Å²) in [6.45, 7) is 5.70. The van der Waals surface area contributed by atoms with Crippen LogP contribution in [0.15, 0.2) is 24.3 Å². The van der Waals surface area contributed by atoms with Gasteiger partial charge in [-0.3, -0.25) is 4.90 Å². The van der Waals surface area contributed by atoms with Crippen molar-refractivity contribution in [1.82, 2.24) is 4.90 Å². The Morgan fingerprint density at radius 3 is 2.38 bits per heavy atom. The van der Waals surface area contributed by atoms with E-state index in [-0.39, 0.29) is 5.92 Å². The molecule has 1 aromatic carbocycles. The molecule has 0 aromatic heterocycles. The van der Waals surface area contributed by atoms with Crippen molar-refractivity contribution in [2.45, 2.75) is 45.3 Å². The molecule has 1 heterocycles. The third kappa shape index (κ3) is 4.63. The second kappa shape index (κ2) is 7.11. The summed E-state index contributed by atoms with van der Waals surface area (Å²) in [5.74, 6) is -0.117. The fraction of sp³-hybridized carbons (Fsp3) is 0.556. The van der Waals surface area contributed by atoms with E-state index in [1.807, 2.05) is 24.3 Å². The summed E-state index contributed by atoms with van der Waals surface area (Å²) in [4.78, 5) is 25.1. The summed E-state index contributed by atoms with van der Waals surface area (Å²) < 4.78 is 10.5. The Labute approximate surface area is 142 Å². The van der Waals surface area contributed by atoms with Crippen LogP contribution in [0, 0.1) is 5.92 Å². The van der Waals surface area contributed by atoms with Crippen molar-refractivity contribution in [3.8, 4) is 5.75 Å². The Balaban J connectivity index is 2.05. The number of methoxy groups -OCH3 is 1. The number of benzene rings is 1. The van der Waals surface area contributed by atoms with Gasteiger partial charge in [0.1, 0.15) is 17.4 Å². The molecule has 6 nitrogen and oxygen atoms in total. The van der Waals surface area contributed by atoms with E-state index in [4.69, 9.17) is 9.47 Å². The monoisotopic (exact) mass is 335 g/mol. The number of hydrogen-bond donors (Lipinski definition) is 1. The Kier molecular flexibility index (Phi) is 5.36. The van der Waals surface area contributed by atoms with Crippen LogP contribution in [0.4, 0.5) is 4.79 Å². The van der Waals surface area contributed by atoms with Crippen LogP contribution in [-0.2, 0) is 16.0 Å². The van der Waals surface area contributed by atoms with Crippen LogP contribution in [0.5, 0.6) is 5.75 Å². The predicted molar refractivity (Wildman–Crippen MR) is 89.2 cm³/mol. The van der Waals surface area contributed by atoms with E-state index in [1.54, 1.807) is 27.9 Å². The number of rotatable bonds is 4. The summed E-state index contributed by atoms with van der Waals surface area (Å²) in [6.07, 6.45) is 0.584. The molecule has 24 heavy (non-hydrogen) atoms. The minimum absolute atomic E-state index is 0.0898. The highest BCUT2D eigenvalue weighted by Crippen LogP contribution is 2.28. The third-order valence-corrected chi connectivity index (χ3v) is 3.98. The normalized spacial score (nSPS) is 20.8. The Bertz CT molecular complexity index is 590. The first-order chi connectivity index (χ1) is 11.2. The summed E-state index contributed by atoms with van der Waals surface area (Å²) in [6, 6.07) is 6.85. The number of amides is 1. The lowest BCUT2D eigenvalue weighted by molar-refractivity contribution is -0.142. The molecule has 6 heteroatoms. The number of carboxylic acid groups (broad SMARTS) is 1. The summed E-state index contributed by atoms with van der Waals surface area (Å²) in [5.41, 5.74) is 0.449. The maximum Gasteiger partial charge on any atom is 0.411 e. The van der Waals surface area contributed by atoms with Gasteiger partial charge in [-0.2, -0.15) is 0 Å². The van der Waals surface area contributed by atoms with Crippen LogP contribution in [0.2, 0.25) is 0 Å². The largest absolute Gasteiger partial charge is 0.497 e. The minimum Gasteiger partial charge on any atom is -0.497 e. The lowest BCUT2D eigenvalue weighted by Gasteiger charge is -2.26. The number of nitrogens with zero attached hydrogens (tertiary/aromatic N) is 1. The number of carbonyl (C=O) groups excluding carboxylic acids is 1. The maximum atomic E-state index is 12.3. The zero-order chi connectivity index (χ0) is 17.9. The van der Waals surface area contributed by atoms with Crippen LogP contribution in [-0.4, -0.2) is 47.4 Å². The van der Waals surface area contributed by atoms with E-state index in [0.29, 0.717) is 19.4 Å². The second-order valence-electron chi connectivity index (χ2n) is 7.14. The van der Waals surface area contributed by atoms with E-state index >= 15 is 0 Å². The average Bonchev–Trinajstić information content (AvgIpc) is 2.90. The zero-order valence-electron chi connectivity index (χ0n) is 14.6. The fourth-order valence-corrected chi connectivity index (χ4v) is 2.92. The van der Waals surface area contributed by atoms with Gasteiger partial charge in [0.2, 0.25) is 0 Å². The first-order valence-electron chi connectivity index (χ1n) is 8.05. The Morgan fingerprint density at radius 2 is 1.88 bits per heavy atom. The molecule has 0 radical (unpaired) electrons. The third-order valence-electron chi connectivity index (χ3n) is 3.98. The summed E-state index contributed by atoms with van der Waals surface area (Å²) >= 11 is 0. The number of ether oxygens (including phenoxy) is 2. The van der Waals surface area contributed by atoms with Crippen LogP contribution in [0.25, 0.3) is 0 Å². The molecule has 1 aliphatic rings. The smallest absolute Gasteiger partial charge is 0.411 e. The number of likely N-dealkylation sites (tertiary alicyclic amines) is 1. The number of aliphatic carboxylic acids is 1. The molecule has 1 saturated heterocycles. The SMILES string of the molecule is COc1ccc(CC2C[C@H](C(=O)O)N(C(=O)OC(C)(C)C)C2)cc1. The van der Waals surface area contributed by atoms with Crippen molar-refractivity contribution in [2.75, 3.05) is 13.7 Å². The molecule has 1 aliphatic heterocycles. The quantitative estimate of drug-likeness (QED) is 0.915. The van der Waals surface area contributed by atoms with Crippen LogP contribution >= 0.6 is 0 Å². The van der Waals surface area contributed by atoms with E-state index in [2.05, 4.69) is 0 Å². The van der Waals surface area contributed by atoms with Gasteiger partial charge < -0.3 is 14.6 Å². The fourth-order valence-electron chi connectivity index (χ4n) is 2.92. The van der Waals surface area contributed by atoms with Gasteiger partial charge in [0.25, 0.3) is 0 Å². The molecule has 0 bridgehead atoms. The Morgan fingerprint density at radius 1 is 1.25 bits per heavy atom. The van der Waals surface area contributed by atoms with E-state index in [1.165, 1.54) is 4.90 Å². The van der Waals surface area contributed by atoms with Crippen LogP contribution < -0.4 is 4.74 Å². The number of carbonyl (C=O) groups is 2. The van der Waals surface area contributed by atoms with E-state index < -0.39 is 23.7 Å². The van der Waals surface area contributed by atoms with Crippen molar-refractivity contribution < 1.29 is 24.2 Å². The number of carboxylic acids is 1. The molecule has 2 rings (SSSR count). The van der Waals surface area contributed by atoms with Gasteiger partial charge in [0.15, 0.2) is 0 Å². The van der Waals surface area contributed by atoms with Gasteiger partial charge in [0.05, 0.1) is 7.11 Å². The maximum absolute atomic E-state index is 12.3. The highest BCUT2D eigenvalue weighted by molar-refractivity contribution is 5.81. The van der Waals surface area contributed by atoms with E-state index in [0.717, 1.165) is 11.3 Å². The zero-order valence-corrected chi connectivity index (χ0v) is 14.6. The molecule has 1 aromatic rings. The van der Waals surface area contributed by atoms with Gasteiger partial charge in [-0.25, -0.2) is 9.59 Å². The molecule has 1 unspecified atom stereocenters. The number of hydrogen-bond acceptors (Lipinski definition) is 4. The van der Waals surface area contributed by atoms with Crippen molar-refractivity contribution in [1.29, 1.82) is 0 Å². The molecule has 0 saturated carbocycles. The molecule has 1 amide bonds. The Hall–Kier alpha value is -2.24. The van der Waals surface area contributed by atoms with Gasteiger partial charge in [-0.05, 0) is 57.2 Å². The van der Waals surface area contributed by atoms with Crippen molar-refractivity contribution in [2.24, 2.45) is 5.92 Å². The lowest BCUT2D eigenvalue weighted by atomic mass is 9.97. The molecule has 1 fully saturated rings. The highest BCUT2D eigenvalue weighted by atomic mass is 16.6. The minimum atomic E-state index is -0.988. The molecule has 1 N–H and O–H groups in total. The predicted octanol–water partition coefficient (Wildman–Crippen LogP) is 2.95. The van der Waals surface area contributed by atoms with Crippen molar-refractivity contribution in [3.63, 3.8) is 0 Å². The van der Waals surface area contributed by atoms with Gasteiger partial charge in [0, 0.05) is 6.54 Å². The molecular weight excluding hydrogens is 310 g/mol. The molecular formula is C18H25NO5. The molecule has 2 atom stereocenters. The van der Waals surface area contributed by atoms with E-state index in [9.17, 15) is 14.7 Å². The van der Waals surface area contributed by atoms with Crippen LogP contribution in [0.1, 0.15) is 32.8 Å². The molecule has 0 aliphatic carbocycles. The topological polar surface area (TPSA) is 76.1 Å². The summed E-state index contributed by atoms with van der Waals surface area (Å²) in [5, 5.41) is 9.42. The first kappa shape index (κ1) is 18.1. The summed E-state index contributed by atoms with van der Waals surface area (Å²) in [7, 11) is 1.61. The van der Waals surface area contributed by atoms with Gasteiger partial charge in [-0.15, -0.1) is 0 Å².